The first-order valence-electron chi connectivity index (χ1n) is 12.2. The molecule has 0 spiro atoms. The number of rotatable bonds is 6. The molecule has 1 amide bonds. The second-order valence-electron chi connectivity index (χ2n) is 10.7. The number of oxime groups is 1. The van der Waals surface area contributed by atoms with E-state index in [4.69, 9.17) is 4.84 Å². The molecule has 30 heavy (non-hydrogen) atoms. The van der Waals surface area contributed by atoms with Crippen molar-refractivity contribution >= 4 is 11.6 Å². The molecule has 6 aliphatic rings. The Kier molecular flexibility index (Phi) is 5.75. The smallest absolute Gasteiger partial charge is 0.237 e. The van der Waals surface area contributed by atoms with Crippen LogP contribution in [-0.4, -0.2) is 47.8 Å². The summed E-state index contributed by atoms with van der Waals surface area (Å²) in [7, 11) is 0. The van der Waals surface area contributed by atoms with Crippen LogP contribution in [0.1, 0.15) is 71.1 Å². The number of hydrogen-bond donors (Lipinski definition) is 1. The van der Waals surface area contributed by atoms with E-state index in [1.165, 1.54) is 32.1 Å². The average Bonchev–Trinajstić information content (AvgIpc) is 3.40. The van der Waals surface area contributed by atoms with Gasteiger partial charge >= 0.3 is 0 Å². The van der Waals surface area contributed by atoms with Gasteiger partial charge in [-0.25, -0.2) is 0 Å². The van der Waals surface area contributed by atoms with E-state index in [1.807, 2.05) is 0 Å². The third-order valence-corrected chi connectivity index (χ3v) is 8.75. The van der Waals surface area contributed by atoms with Gasteiger partial charge in [-0.05, 0) is 94.8 Å². The molecule has 6 nitrogen and oxygen atoms in total. The van der Waals surface area contributed by atoms with Crippen LogP contribution in [0.2, 0.25) is 0 Å². The third kappa shape index (κ3) is 3.98. The van der Waals surface area contributed by atoms with Crippen molar-refractivity contribution in [3.8, 4) is 6.07 Å². The molecule has 0 aromatic heterocycles. The second kappa shape index (κ2) is 8.49. The number of nitrogens with one attached hydrogen (secondary N) is 1. The first-order chi connectivity index (χ1) is 14.6. The molecule has 1 saturated heterocycles. The van der Waals surface area contributed by atoms with Crippen molar-refractivity contribution in [2.75, 3.05) is 13.1 Å². The lowest BCUT2D eigenvalue weighted by Gasteiger charge is -2.52. The summed E-state index contributed by atoms with van der Waals surface area (Å²) in [6.45, 7) is 3.19. The molecule has 6 heteroatoms. The van der Waals surface area contributed by atoms with Crippen LogP contribution in [0.15, 0.2) is 5.16 Å². The number of hydrogen-bond acceptors (Lipinski definition) is 5. The molecule has 1 aliphatic heterocycles. The largest absolute Gasteiger partial charge is 0.392 e. The minimum absolute atomic E-state index is 0.0677. The van der Waals surface area contributed by atoms with E-state index in [0.29, 0.717) is 24.6 Å². The van der Waals surface area contributed by atoms with Crippen LogP contribution < -0.4 is 5.32 Å². The summed E-state index contributed by atoms with van der Waals surface area (Å²) >= 11 is 0. The number of carbonyl (C=O) groups is 1. The van der Waals surface area contributed by atoms with Crippen molar-refractivity contribution in [1.29, 1.82) is 5.26 Å². The van der Waals surface area contributed by atoms with Gasteiger partial charge in [-0.15, -0.1) is 0 Å². The maximum absolute atomic E-state index is 12.5. The lowest BCUT2D eigenvalue weighted by Crippen LogP contribution is -2.48. The molecule has 164 valence electrons. The quantitative estimate of drug-likeness (QED) is 0.535. The van der Waals surface area contributed by atoms with Crippen molar-refractivity contribution in [2.24, 2.45) is 34.7 Å². The van der Waals surface area contributed by atoms with Crippen LogP contribution in [0.5, 0.6) is 0 Å². The highest BCUT2D eigenvalue weighted by Gasteiger charge is 2.49. The zero-order valence-corrected chi connectivity index (χ0v) is 18.3. The van der Waals surface area contributed by atoms with Gasteiger partial charge in [-0.2, -0.15) is 5.26 Å². The summed E-state index contributed by atoms with van der Waals surface area (Å²) < 4.78 is 0. The Morgan fingerprint density at radius 3 is 2.53 bits per heavy atom. The molecule has 0 aromatic rings. The van der Waals surface area contributed by atoms with E-state index in [0.717, 1.165) is 68.0 Å². The lowest BCUT2D eigenvalue weighted by atomic mass is 9.55. The van der Waals surface area contributed by atoms with Crippen molar-refractivity contribution in [2.45, 2.75) is 89.3 Å². The fourth-order valence-electron chi connectivity index (χ4n) is 7.34. The van der Waals surface area contributed by atoms with Crippen LogP contribution in [0.3, 0.4) is 0 Å². The summed E-state index contributed by atoms with van der Waals surface area (Å²) in [6, 6.07) is 2.38. The Morgan fingerprint density at radius 1 is 1.10 bits per heavy atom. The Bertz CT molecular complexity index is 701. The highest BCUT2D eigenvalue weighted by molar-refractivity contribution is 5.84. The molecule has 6 fully saturated rings. The Labute approximate surface area is 180 Å². The molecular weight excluding hydrogens is 376 g/mol. The molecular formula is C24H36N4O2. The van der Waals surface area contributed by atoms with Gasteiger partial charge in [0.15, 0.2) is 0 Å². The highest BCUT2D eigenvalue weighted by atomic mass is 16.6. The number of likely N-dealkylation sites (tertiary alicyclic amines) is 1. The van der Waals surface area contributed by atoms with Gasteiger partial charge in [0.1, 0.15) is 12.1 Å². The van der Waals surface area contributed by atoms with E-state index in [9.17, 15) is 10.1 Å². The average molecular weight is 413 g/mol. The van der Waals surface area contributed by atoms with Gasteiger partial charge in [0.25, 0.3) is 0 Å². The predicted octanol–water partition coefficient (Wildman–Crippen LogP) is 3.48. The van der Waals surface area contributed by atoms with Crippen LogP contribution in [0.25, 0.3) is 0 Å². The third-order valence-electron chi connectivity index (χ3n) is 8.75. The Morgan fingerprint density at radius 2 is 1.83 bits per heavy atom. The SMILES string of the molecule is C/C(=N\OC1C2CC3CC(C2)CC1C3)[C@H]1CC[C@@H](NCC(=O)N2CCC[C@H]2C#N)C1. The number of nitrogens with zero attached hydrogens (tertiary/aromatic N) is 3. The van der Waals surface area contributed by atoms with Gasteiger partial charge in [-0.3, -0.25) is 4.79 Å². The van der Waals surface area contributed by atoms with Gasteiger partial charge in [0.2, 0.25) is 5.91 Å². The first kappa shape index (κ1) is 20.3. The number of nitriles is 1. The van der Waals surface area contributed by atoms with E-state index < -0.39 is 0 Å². The Balaban J connectivity index is 1.08. The van der Waals surface area contributed by atoms with E-state index >= 15 is 0 Å². The fraction of sp³-hybridized carbons (Fsp3) is 0.875. The summed E-state index contributed by atoms with van der Waals surface area (Å²) in [5.74, 6) is 3.93. The molecule has 0 unspecified atom stereocenters. The van der Waals surface area contributed by atoms with Crippen LogP contribution in [-0.2, 0) is 9.63 Å². The summed E-state index contributed by atoms with van der Waals surface area (Å²) in [6.07, 6.45) is 12.2. The zero-order valence-electron chi connectivity index (χ0n) is 18.3. The number of amides is 1. The molecule has 1 heterocycles. The minimum Gasteiger partial charge on any atom is -0.392 e. The zero-order chi connectivity index (χ0) is 20.7. The molecule has 3 atom stereocenters. The lowest BCUT2D eigenvalue weighted by molar-refractivity contribution is -0.130. The molecule has 5 aliphatic carbocycles. The van der Waals surface area contributed by atoms with E-state index in [1.54, 1.807) is 4.90 Å². The maximum Gasteiger partial charge on any atom is 0.237 e. The van der Waals surface area contributed by atoms with Gasteiger partial charge < -0.3 is 15.1 Å². The van der Waals surface area contributed by atoms with Crippen molar-refractivity contribution in [1.82, 2.24) is 10.2 Å². The first-order valence-corrected chi connectivity index (χ1v) is 12.2. The molecule has 0 aromatic carbocycles. The summed E-state index contributed by atoms with van der Waals surface area (Å²) in [5.41, 5.74) is 1.13. The second-order valence-corrected chi connectivity index (χ2v) is 10.7. The van der Waals surface area contributed by atoms with Crippen molar-refractivity contribution < 1.29 is 9.63 Å². The molecule has 5 saturated carbocycles. The van der Waals surface area contributed by atoms with Gasteiger partial charge in [-0.1, -0.05) is 5.16 Å². The van der Waals surface area contributed by atoms with Crippen LogP contribution >= 0.6 is 0 Å². The topological polar surface area (TPSA) is 77.7 Å². The van der Waals surface area contributed by atoms with E-state index in [-0.39, 0.29) is 11.9 Å². The van der Waals surface area contributed by atoms with Gasteiger partial charge in [0.05, 0.1) is 18.3 Å². The molecule has 4 bridgehead atoms. The molecule has 1 N–H and O–H groups in total. The standard InChI is InChI=1S/C24H36N4O2/c1-15(27-30-24-19-8-16-7-17(10-19)11-20(24)9-16)18-4-5-21(12-18)26-14-23(29)28-6-2-3-22(28)13-25/h16-22,24,26H,2-12,14H2,1H3/b27-15+/t16?,17?,18-,19?,20?,21+,22-,24?/m0/s1. The summed E-state index contributed by atoms with van der Waals surface area (Å²) in [4.78, 5) is 20.4. The minimum atomic E-state index is -0.229. The van der Waals surface area contributed by atoms with Crippen LogP contribution in [0.4, 0.5) is 0 Å². The highest BCUT2D eigenvalue weighted by Crippen LogP contribution is 2.54. The maximum atomic E-state index is 12.5. The summed E-state index contributed by atoms with van der Waals surface area (Å²) in [5, 5.41) is 17.3. The monoisotopic (exact) mass is 412 g/mol. The van der Waals surface area contributed by atoms with Crippen molar-refractivity contribution in [3.05, 3.63) is 0 Å². The molecule has 0 radical (unpaired) electrons. The number of carbonyl (C=O) groups excluding carboxylic acids is 1. The van der Waals surface area contributed by atoms with Crippen LogP contribution in [0, 0.1) is 40.9 Å². The van der Waals surface area contributed by atoms with E-state index in [2.05, 4.69) is 23.5 Å². The molecule has 6 rings (SSSR count). The fourth-order valence-corrected chi connectivity index (χ4v) is 7.34. The van der Waals surface area contributed by atoms with Gasteiger partial charge in [0, 0.05) is 18.5 Å². The Hall–Kier alpha value is -1.61. The predicted molar refractivity (Wildman–Crippen MR) is 115 cm³/mol. The van der Waals surface area contributed by atoms with Crippen molar-refractivity contribution in [3.63, 3.8) is 0 Å². The normalized spacial score (nSPS) is 42.5.